The average Bonchev–Trinajstić information content (AvgIpc) is 3.16. The van der Waals surface area contributed by atoms with E-state index in [-0.39, 0.29) is 17.6 Å². The molecule has 0 bridgehead atoms. The number of aryl methyl sites for hydroxylation is 1. The van der Waals surface area contributed by atoms with Gasteiger partial charge < -0.3 is 24.2 Å². The molecule has 7 heteroatoms. The summed E-state index contributed by atoms with van der Waals surface area (Å²) in [4.78, 5) is 21.7. The normalized spacial score (nSPS) is 17.1. The Morgan fingerprint density at radius 3 is 2.96 bits per heavy atom. The number of hydrogen-bond acceptors (Lipinski definition) is 5. The van der Waals surface area contributed by atoms with Crippen molar-refractivity contribution < 1.29 is 14.6 Å². The molecular formula is C21H30N4O3. The number of carbonyl (C=O) groups excluding carboxylic acids is 1. The van der Waals surface area contributed by atoms with Crippen LogP contribution in [0.25, 0.3) is 0 Å². The van der Waals surface area contributed by atoms with Crippen LogP contribution in [0.5, 0.6) is 11.5 Å². The minimum atomic E-state index is -0.0336. The highest BCUT2D eigenvalue weighted by Gasteiger charge is 2.28. The third-order valence-corrected chi connectivity index (χ3v) is 5.25. The van der Waals surface area contributed by atoms with E-state index in [0.29, 0.717) is 17.9 Å². The summed E-state index contributed by atoms with van der Waals surface area (Å²) >= 11 is 0. The van der Waals surface area contributed by atoms with Crippen molar-refractivity contribution in [3.8, 4) is 11.5 Å². The number of hydrogen-bond donors (Lipinski definition) is 1. The second-order valence-corrected chi connectivity index (χ2v) is 7.61. The molecular weight excluding hydrogens is 356 g/mol. The van der Waals surface area contributed by atoms with Crippen molar-refractivity contribution >= 4 is 5.91 Å². The Kier molecular flexibility index (Phi) is 6.57. The van der Waals surface area contributed by atoms with Crippen LogP contribution in [0.2, 0.25) is 0 Å². The van der Waals surface area contributed by atoms with Gasteiger partial charge >= 0.3 is 0 Å². The van der Waals surface area contributed by atoms with Gasteiger partial charge in [0.2, 0.25) is 0 Å². The summed E-state index contributed by atoms with van der Waals surface area (Å²) in [6, 6.07) is 4.75. The molecule has 152 valence electrons. The van der Waals surface area contributed by atoms with Crippen molar-refractivity contribution in [3.63, 3.8) is 0 Å². The first kappa shape index (κ1) is 20.2. The lowest BCUT2D eigenvalue weighted by Gasteiger charge is -2.33. The Morgan fingerprint density at radius 2 is 2.21 bits per heavy atom. The topological polar surface area (TPSA) is 70.8 Å². The van der Waals surface area contributed by atoms with E-state index in [2.05, 4.69) is 28.5 Å². The first-order chi connectivity index (χ1) is 13.5. The molecule has 0 spiro atoms. The monoisotopic (exact) mass is 386 g/mol. The molecule has 1 atom stereocenters. The first-order valence-electron chi connectivity index (χ1n) is 9.81. The largest absolute Gasteiger partial charge is 0.504 e. The summed E-state index contributed by atoms with van der Waals surface area (Å²) in [7, 11) is 5.64. The van der Waals surface area contributed by atoms with E-state index in [0.717, 1.165) is 44.7 Å². The van der Waals surface area contributed by atoms with Gasteiger partial charge in [0.15, 0.2) is 11.5 Å². The standard InChI is InChI=1S/C21H30N4O3/c1-23(2)10-5-12-24-13-9-22-20(24)17-6-4-11-25(15-17)21(27)16-7-8-18(26)19(14-16)28-3/h7-9,13-14,17,26H,4-6,10-12,15H2,1-3H3. The molecule has 2 heterocycles. The number of phenolic OH excluding ortho intramolecular Hbond substituents is 1. The molecule has 0 aliphatic carbocycles. The maximum absolute atomic E-state index is 13.0. The fraction of sp³-hybridized carbons (Fsp3) is 0.524. The van der Waals surface area contributed by atoms with Crippen molar-refractivity contribution in [1.29, 1.82) is 0 Å². The molecule has 7 nitrogen and oxygen atoms in total. The second-order valence-electron chi connectivity index (χ2n) is 7.61. The molecule has 0 radical (unpaired) electrons. The van der Waals surface area contributed by atoms with Crippen LogP contribution < -0.4 is 4.74 Å². The van der Waals surface area contributed by atoms with Gasteiger partial charge in [-0.1, -0.05) is 0 Å². The smallest absolute Gasteiger partial charge is 0.254 e. The third-order valence-electron chi connectivity index (χ3n) is 5.25. The van der Waals surface area contributed by atoms with Crippen molar-refractivity contribution in [1.82, 2.24) is 19.4 Å². The predicted octanol–water partition coefficient (Wildman–Crippen LogP) is 2.57. The molecule has 1 fully saturated rings. The number of carbonyl (C=O) groups is 1. The van der Waals surface area contributed by atoms with Crippen LogP contribution in [0.3, 0.4) is 0 Å². The van der Waals surface area contributed by atoms with Crippen LogP contribution in [0.15, 0.2) is 30.6 Å². The lowest BCUT2D eigenvalue weighted by molar-refractivity contribution is 0.0703. The fourth-order valence-corrected chi connectivity index (χ4v) is 3.79. The minimum absolute atomic E-state index is 0.0336. The Hall–Kier alpha value is -2.54. The summed E-state index contributed by atoms with van der Waals surface area (Å²) in [5, 5.41) is 9.77. The summed E-state index contributed by atoms with van der Waals surface area (Å²) in [6.45, 7) is 3.37. The van der Waals surface area contributed by atoms with Gasteiger partial charge in [-0.25, -0.2) is 4.98 Å². The van der Waals surface area contributed by atoms with Crippen LogP contribution in [-0.4, -0.2) is 71.2 Å². The van der Waals surface area contributed by atoms with Crippen molar-refractivity contribution in [2.45, 2.75) is 31.7 Å². The van der Waals surface area contributed by atoms with E-state index in [4.69, 9.17) is 4.74 Å². The maximum atomic E-state index is 13.0. The number of ether oxygens (including phenoxy) is 1. The highest BCUT2D eigenvalue weighted by Crippen LogP contribution is 2.30. The van der Waals surface area contributed by atoms with Gasteiger partial charge in [-0.3, -0.25) is 4.79 Å². The Bertz CT molecular complexity index is 803. The number of rotatable bonds is 7. The van der Waals surface area contributed by atoms with Gasteiger partial charge in [-0.05, 0) is 58.1 Å². The quantitative estimate of drug-likeness (QED) is 0.792. The number of nitrogens with zero attached hydrogens (tertiary/aromatic N) is 4. The molecule has 1 aromatic heterocycles. The molecule has 1 unspecified atom stereocenters. The number of methoxy groups -OCH3 is 1. The van der Waals surface area contributed by atoms with E-state index in [1.807, 2.05) is 17.3 Å². The summed E-state index contributed by atoms with van der Waals surface area (Å²) in [6.07, 6.45) is 6.95. The van der Waals surface area contributed by atoms with Crippen LogP contribution >= 0.6 is 0 Å². The second kappa shape index (κ2) is 9.10. The number of imidazole rings is 1. The minimum Gasteiger partial charge on any atom is -0.504 e. The SMILES string of the molecule is COc1cc(C(=O)N2CCCC(c3nccn3CCCN(C)C)C2)ccc1O. The van der Waals surface area contributed by atoms with Gasteiger partial charge in [-0.2, -0.15) is 0 Å². The summed E-state index contributed by atoms with van der Waals surface area (Å²) in [5.41, 5.74) is 0.532. The summed E-state index contributed by atoms with van der Waals surface area (Å²) < 4.78 is 7.36. The van der Waals surface area contributed by atoms with Gasteiger partial charge in [0.05, 0.1) is 7.11 Å². The van der Waals surface area contributed by atoms with E-state index in [9.17, 15) is 9.90 Å². The van der Waals surface area contributed by atoms with Crippen LogP contribution in [0.4, 0.5) is 0 Å². The Labute approximate surface area is 166 Å². The zero-order valence-corrected chi connectivity index (χ0v) is 17.0. The molecule has 28 heavy (non-hydrogen) atoms. The van der Waals surface area contributed by atoms with Crippen molar-refractivity contribution in [2.24, 2.45) is 0 Å². The van der Waals surface area contributed by atoms with Crippen LogP contribution in [0, 0.1) is 0 Å². The van der Waals surface area contributed by atoms with Gasteiger partial charge in [0.25, 0.3) is 5.91 Å². The number of benzene rings is 1. The van der Waals surface area contributed by atoms with E-state index in [1.54, 1.807) is 12.1 Å². The van der Waals surface area contributed by atoms with Crippen molar-refractivity contribution in [2.75, 3.05) is 40.8 Å². The van der Waals surface area contributed by atoms with E-state index >= 15 is 0 Å². The van der Waals surface area contributed by atoms with Gasteiger partial charge in [0, 0.05) is 43.5 Å². The van der Waals surface area contributed by atoms with Gasteiger partial charge in [0.1, 0.15) is 5.82 Å². The van der Waals surface area contributed by atoms with Gasteiger partial charge in [-0.15, -0.1) is 0 Å². The molecule has 1 N–H and O–H groups in total. The van der Waals surface area contributed by atoms with Crippen LogP contribution in [-0.2, 0) is 6.54 Å². The zero-order valence-electron chi connectivity index (χ0n) is 17.0. The zero-order chi connectivity index (χ0) is 20.1. The number of piperidine rings is 1. The predicted molar refractivity (Wildman–Crippen MR) is 108 cm³/mol. The average molecular weight is 386 g/mol. The highest BCUT2D eigenvalue weighted by atomic mass is 16.5. The molecule has 1 amide bonds. The van der Waals surface area contributed by atoms with E-state index in [1.165, 1.54) is 13.2 Å². The lowest BCUT2D eigenvalue weighted by Crippen LogP contribution is -2.39. The van der Waals surface area contributed by atoms with Crippen LogP contribution in [0.1, 0.15) is 41.4 Å². The first-order valence-corrected chi connectivity index (χ1v) is 9.81. The highest BCUT2D eigenvalue weighted by molar-refractivity contribution is 5.95. The number of aromatic hydroxyl groups is 1. The molecule has 1 saturated heterocycles. The number of likely N-dealkylation sites (tertiary alicyclic amines) is 1. The summed E-state index contributed by atoms with van der Waals surface area (Å²) in [5.74, 6) is 1.63. The molecule has 3 rings (SSSR count). The number of amides is 1. The number of phenols is 1. The molecule has 2 aromatic rings. The third kappa shape index (κ3) is 4.65. The molecule has 1 aliphatic rings. The maximum Gasteiger partial charge on any atom is 0.254 e. The van der Waals surface area contributed by atoms with E-state index < -0.39 is 0 Å². The lowest BCUT2D eigenvalue weighted by atomic mass is 9.96. The molecule has 1 aliphatic heterocycles. The molecule has 1 aromatic carbocycles. The van der Waals surface area contributed by atoms with Crippen molar-refractivity contribution in [3.05, 3.63) is 42.0 Å². The fourth-order valence-electron chi connectivity index (χ4n) is 3.79. The Morgan fingerprint density at radius 1 is 1.39 bits per heavy atom. The number of aromatic nitrogens is 2. The Balaban J connectivity index is 1.69. The molecule has 0 saturated carbocycles.